The molecule has 0 aliphatic carbocycles. The SMILES string of the molecule is COc1n[nH]c(NC(=O)c2cc(F)c([N+](=O)[O-])cc2F)n1. The molecule has 0 aliphatic rings. The first-order valence-electron chi connectivity index (χ1n) is 5.33. The van der Waals surface area contributed by atoms with Crippen molar-refractivity contribution in [3.63, 3.8) is 0 Å². The summed E-state index contributed by atoms with van der Waals surface area (Å²) < 4.78 is 31.7. The van der Waals surface area contributed by atoms with Crippen LogP contribution in [0.1, 0.15) is 10.4 Å². The zero-order valence-electron chi connectivity index (χ0n) is 10.4. The average Bonchev–Trinajstić information content (AvgIpc) is 2.88. The van der Waals surface area contributed by atoms with E-state index in [0.717, 1.165) is 0 Å². The fourth-order valence-electron chi connectivity index (χ4n) is 1.42. The van der Waals surface area contributed by atoms with Gasteiger partial charge in [-0.25, -0.2) is 9.49 Å². The van der Waals surface area contributed by atoms with E-state index >= 15 is 0 Å². The molecular weight excluding hydrogens is 292 g/mol. The number of amides is 1. The summed E-state index contributed by atoms with van der Waals surface area (Å²) in [6.45, 7) is 0. The number of aromatic nitrogens is 3. The second kappa shape index (κ2) is 5.48. The fourth-order valence-corrected chi connectivity index (χ4v) is 1.42. The summed E-state index contributed by atoms with van der Waals surface area (Å²) in [5.74, 6) is -3.79. The van der Waals surface area contributed by atoms with Gasteiger partial charge >= 0.3 is 11.7 Å². The molecule has 0 fully saturated rings. The van der Waals surface area contributed by atoms with Crippen LogP contribution in [0.2, 0.25) is 0 Å². The molecule has 1 amide bonds. The highest BCUT2D eigenvalue weighted by molar-refractivity contribution is 6.03. The largest absolute Gasteiger partial charge is 0.466 e. The van der Waals surface area contributed by atoms with Gasteiger partial charge in [0.2, 0.25) is 11.8 Å². The topological polar surface area (TPSA) is 123 Å². The molecule has 1 aromatic heterocycles. The van der Waals surface area contributed by atoms with E-state index in [-0.39, 0.29) is 12.0 Å². The van der Waals surface area contributed by atoms with Crippen LogP contribution < -0.4 is 10.1 Å². The van der Waals surface area contributed by atoms with Crippen molar-refractivity contribution in [2.75, 3.05) is 12.4 Å². The average molecular weight is 299 g/mol. The maximum Gasteiger partial charge on any atom is 0.336 e. The molecule has 110 valence electrons. The Morgan fingerprint density at radius 3 is 2.71 bits per heavy atom. The van der Waals surface area contributed by atoms with Crippen LogP contribution in [-0.4, -0.2) is 33.1 Å². The van der Waals surface area contributed by atoms with E-state index in [1.807, 2.05) is 0 Å². The lowest BCUT2D eigenvalue weighted by Crippen LogP contribution is -2.15. The third kappa shape index (κ3) is 2.91. The molecule has 0 aliphatic heterocycles. The summed E-state index contributed by atoms with van der Waals surface area (Å²) in [5, 5.41) is 18.4. The van der Waals surface area contributed by atoms with Crippen molar-refractivity contribution in [2.45, 2.75) is 0 Å². The lowest BCUT2D eigenvalue weighted by molar-refractivity contribution is -0.387. The van der Waals surface area contributed by atoms with Crippen LogP contribution in [0.5, 0.6) is 6.01 Å². The van der Waals surface area contributed by atoms with Crippen molar-refractivity contribution in [3.8, 4) is 6.01 Å². The van der Waals surface area contributed by atoms with E-state index in [2.05, 4.69) is 25.2 Å². The van der Waals surface area contributed by atoms with E-state index in [1.165, 1.54) is 7.11 Å². The molecule has 0 bridgehead atoms. The predicted octanol–water partition coefficient (Wildman–Crippen LogP) is 1.25. The van der Waals surface area contributed by atoms with Crippen molar-refractivity contribution in [3.05, 3.63) is 39.4 Å². The number of rotatable bonds is 4. The molecule has 2 aromatic rings. The van der Waals surface area contributed by atoms with Gasteiger partial charge in [-0.3, -0.25) is 20.2 Å². The van der Waals surface area contributed by atoms with E-state index in [1.54, 1.807) is 0 Å². The minimum absolute atomic E-state index is 0.0688. The molecule has 0 saturated carbocycles. The number of carbonyl (C=O) groups is 1. The van der Waals surface area contributed by atoms with Gasteiger partial charge in [0.1, 0.15) is 5.82 Å². The molecule has 21 heavy (non-hydrogen) atoms. The number of ether oxygens (including phenoxy) is 1. The van der Waals surface area contributed by atoms with Crippen LogP contribution in [0.25, 0.3) is 0 Å². The number of carbonyl (C=O) groups excluding carboxylic acids is 1. The molecule has 0 radical (unpaired) electrons. The number of hydrogen-bond donors (Lipinski definition) is 2. The number of nitrogens with one attached hydrogen (secondary N) is 2. The van der Waals surface area contributed by atoms with Gasteiger partial charge in [-0.05, 0) is 6.07 Å². The summed E-state index contributed by atoms with van der Waals surface area (Å²) in [5.41, 5.74) is -1.78. The van der Waals surface area contributed by atoms with Crippen LogP contribution in [0.4, 0.5) is 20.4 Å². The summed E-state index contributed by atoms with van der Waals surface area (Å²) in [6.07, 6.45) is 0. The number of anilines is 1. The zero-order chi connectivity index (χ0) is 15.6. The summed E-state index contributed by atoms with van der Waals surface area (Å²) in [4.78, 5) is 24.7. The first-order valence-corrected chi connectivity index (χ1v) is 5.33. The summed E-state index contributed by atoms with van der Waals surface area (Å²) in [6, 6.07) is 0.683. The van der Waals surface area contributed by atoms with Crippen LogP contribution in [0, 0.1) is 21.7 Å². The first kappa shape index (κ1) is 14.3. The van der Waals surface area contributed by atoms with Gasteiger partial charge in [0, 0.05) is 0 Å². The van der Waals surface area contributed by atoms with Crippen LogP contribution in [0.15, 0.2) is 12.1 Å². The Kier molecular flexibility index (Phi) is 3.73. The number of benzene rings is 1. The number of halogens is 2. The summed E-state index contributed by atoms with van der Waals surface area (Å²) in [7, 11) is 1.29. The minimum atomic E-state index is -1.33. The molecule has 0 spiro atoms. The number of aromatic amines is 1. The minimum Gasteiger partial charge on any atom is -0.466 e. The summed E-state index contributed by atoms with van der Waals surface area (Å²) >= 11 is 0. The lowest BCUT2D eigenvalue weighted by atomic mass is 10.1. The van der Waals surface area contributed by atoms with Crippen molar-refractivity contribution in [2.24, 2.45) is 0 Å². The van der Waals surface area contributed by atoms with Gasteiger partial charge in [0.25, 0.3) is 5.91 Å². The number of H-pyrrole nitrogens is 1. The fraction of sp³-hybridized carbons (Fsp3) is 0.100. The third-order valence-corrected chi connectivity index (χ3v) is 2.36. The monoisotopic (exact) mass is 299 g/mol. The quantitative estimate of drug-likeness (QED) is 0.647. The van der Waals surface area contributed by atoms with Crippen molar-refractivity contribution < 1.29 is 23.2 Å². The molecule has 2 rings (SSSR count). The number of hydrogen-bond acceptors (Lipinski definition) is 6. The van der Waals surface area contributed by atoms with Crippen molar-refractivity contribution >= 4 is 17.5 Å². The highest BCUT2D eigenvalue weighted by atomic mass is 19.1. The number of nitrogens with zero attached hydrogens (tertiary/aromatic N) is 3. The second-order valence-corrected chi connectivity index (χ2v) is 3.67. The van der Waals surface area contributed by atoms with Crippen LogP contribution >= 0.6 is 0 Å². The molecule has 9 nitrogen and oxygen atoms in total. The number of methoxy groups -OCH3 is 1. The Labute approximate surface area is 115 Å². The van der Waals surface area contributed by atoms with E-state index in [0.29, 0.717) is 12.1 Å². The molecule has 1 aromatic carbocycles. The van der Waals surface area contributed by atoms with E-state index in [9.17, 15) is 23.7 Å². The standard InChI is InChI=1S/C10H7F2N5O4/c1-21-10-14-9(15-16-10)13-8(18)4-2-6(12)7(17(19)20)3-5(4)11/h2-3H,1H3,(H2,13,14,15,16,18). The number of nitro groups is 1. The maximum atomic E-state index is 13.6. The molecule has 11 heteroatoms. The Bertz CT molecular complexity index is 717. The normalized spacial score (nSPS) is 10.2. The highest BCUT2D eigenvalue weighted by Gasteiger charge is 2.22. The zero-order valence-corrected chi connectivity index (χ0v) is 10.4. The van der Waals surface area contributed by atoms with Gasteiger partial charge in [-0.15, -0.1) is 5.10 Å². The Hall–Kier alpha value is -3.11. The second-order valence-electron chi connectivity index (χ2n) is 3.67. The third-order valence-electron chi connectivity index (χ3n) is 2.36. The number of nitro benzene ring substituents is 1. The van der Waals surface area contributed by atoms with Gasteiger partial charge in [-0.2, -0.15) is 9.37 Å². The Morgan fingerprint density at radius 1 is 1.43 bits per heavy atom. The molecule has 1 heterocycles. The Balaban J connectivity index is 2.27. The molecule has 2 N–H and O–H groups in total. The molecule has 0 atom stereocenters. The van der Waals surface area contributed by atoms with Gasteiger partial charge in [0.15, 0.2) is 0 Å². The molecule has 0 saturated heterocycles. The van der Waals surface area contributed by atoms with Gasteiger partial charge in [0.05, 0.1) is 23.7 Å². The maximum absolute atomic E-state index is 13.6. The Morgan fingerprint density at radius 2 is 2.14 bits per heavy atom. The van der Waals surface area contributed by atoms with Crippen LogP contribution in [-0.2, 0) is 0 Å². The van der Waals surface area contributed by atoms with Crippen molar-refractivity contribution in [1.29, 1.82) is 0 Å². The van der Waals surface area contributed by atoms with Crippen LogP contribution in [0.3, 0.4) is 0 Å². The van der Waals surface area contributed by atoms with Gasteiger partial charge in [-0.1, -0.05) is 0 Å². The van der Waals surface area contributed by atoms with Crippen molar-refractivity contribution in [1.82, 2.24) is 15.2 Å². The highest BCUT2D eigenvalue weighted by Crippen LogP contribution is 2.22. The van der Waals surface area contributed by atoms with E-state index in [4.69, 9.17) is 0 Å². The smallest absolute Gasteiger partial charge is 0.336 e. The first-order chi connectivity index (χ1) is 9.92. The van der Waals surface area contributed by atoms with Gasteiger partial charge < -0.3 is 4.74 Å². The lowest BCUT2D eigenvalue weighted by Gasteiger charge is -2.03. The predicted molar refractivity (Wildman–Crippen MR) is 63.9 cm³/mol. The molecular formula is C10H7F2N5O4. The molecule has 0 unspecified atom stereocenters. The van der Waals surface area contributed by atoms with E-state index < -0.39 is 33.7 Å².